The maximum absolute atomic E-state index is 11.9. The lowest BCUT2D eigenvalue weighted by Gasteiger charge is -2.18. The van der Waals surface area contributed by atoms with Crippen LogP contribution in [0.4, 0.5) is 10.5 Å². The number of nitrogens with zero attached hydrogens (tertiary/aromatic N) is 3. The van der Waals surface area contributed by atoms with Crippen LogP contribution in [0.5, 0.6) is 0 Å². The van der Waals surface area contributed by atoms with E-state index < -0.39 is 0 Å². The lowest BCUT2D eigenvalue weighted by atomic mass is 10.1. The Morgan fingerprint density at radius 3 is 3.16 bits per heavy atom. The highest BCUT2D eigenvalue weighted by atomic mass is 16.5. The second kappa shape index (κ2) is 6.56. The van der Waals surface area contributed by atoms with Crippen LogP contribution in [0.1, 0.15) is 25.7 Å². The smallest absolute Gasteiger partial charge is 0.321 e. The lowest BCUT2D eigenvalue weighted by molar-refractivity contribution is 0.101. The Hall–Kier alpha value is -1.56. The van der Waals surface area contributed by atoms with Gasteiger partial charge in [0.1, 0.15) is 0 Å². The normalized spacial score (nSPS) is 18.5. The standard InChI is InChI=1S/C13H22N4O2/c1-16(7-3-5-12-6-4-8-19-12)13(18)15-11-9-14-17(2)10-11/h9-10,12H,3-8H2,1-2H3,(H,15,18). The van der Waals surface area contributed by atoms with E-state index in [-0.39, 0.29) is 6.03 Å². The number of urea groups is 1. The van der Waals surface area contributed by atoms with Gasteiger partial charge < -0.3 is 15.0 Å². The van der Waals surface area contributed by atoms with Crippen LogP contribution in [0.3, 0.4) is 0 Å². The van der Waals surface area contributed by atoms with Gasteiger partial charge in [0.05, 0.1) is 18.0 Å². The van der Waals surface area contributed by atoms with Crippen molar-refractivity contribution in [3.05, 3.63) is 12.4 Å². The number of aromatic nitrogens is 2. The summed E-state index contributed by atoms with van der Waals surface area (Å²) in [6.45, 7) is 1.63. The number of nitrogens with one attached hydrogen (secondary N) is 1. The number of amides is 2. The fraction of sp³-hybridized carbons (Fsp3) is 0.692. The predicted octanol–water partition coefficient (Wildman–Crippen LogP) is 1.84. The Morgan fingerprint density at radius 2 is 2.53 bits per heavy atom. The lowest BCUT2D eigenvalue weighted by Crippen LogP contribution is -2.32. The number of carbonyl (C=O) groups excluding carboxylic acids is 1. The first-order chi connectivity index (χ1) is 9.15. The summed E-state index contributed by atoms with van der Waals surface area (Å²) in [5, 5.41) is 6.82. The molecule has 0 bridgehead atoms. The summed E-state index contributed by atoms with van der Waals surface area (Å²) in [6.07, 6.45) is 8.14. The highest BCUT2D eigenvalue weighted by Gasteiger charge is 2.16. The molecule has 1 aromatic rings. The Balaban J connectivity index is 1.67. The average Bonchev–Trinajstić information content (AvgIpc) is 3.01. The molecule has 1 aliphatic heterocycles. The van der Waals surface area contributed by atoms with Crippen molar-refractivity contribution in [3.63, 3.8) is 0 Å². The van der Waals surface area contributed by atoms with Gasteiger partial charge in [0.2, 0.25) is 0 Å². The number of hydrogen-bond donors (Lipinski definition) is 1. The highest BCUT2D eigenvalue weighted by molar-refractivity contribution is 5.88. The van der Waals surface area contributed by atoms with Crippen LogP contribution in [-0.2, 0) is 11.8 Å². The molecule has 1 atom stereocenters. The Kier molecular flexibility index (Phi) is 4.79. The van der Waals surface area contributed by atoms with Crippen LogP contribution < -0.4 is 5.32 Å². The molecular weight excluding hydrogens is 244 g/mol. The van der Waals surface area contributed by atoms with Crippen molar-refractivity contribution in [1.29, 1.82) is 0 Å². The van der Waals surface area contributed by atoms with E-state index in [0.717, 1.165) is 38.1 Å². The molecule has 0 saturated carbocycles. The van der Waals surface area contributed by atoms with Crippen molar-refractivity contribution in [2.75, 3.05) is 25.5 Å². The summed E-state index contributed by atoms with van der Waals surface area (Å²) in [5.74, 6) is 0. The molecule has 2 amide bonds. The second-order valence-electron chi connectivity index (χ2n) is 5.03. The minimum atomic E-state index is -0.0969. The first-order valence-corrected chi connectivity index (χ1v) is 6.77. The molecule has 0 aliphatic carbocycles. The van der Waals surface area contributed by atoms with Gasteiger partial charge in [0.15, 0.2) is 0 Å². The molecule has 1 unspecified atom stereocenters. The van der Waals surface area contributed by atoms with Crippen LogP contribution in [0.15, 0.2) is 12.4 Å². The molecule has 2 rings (SSSR count). The number of carbonyl (C=O) groups is 1. The number of rotatable bonds is 5. The van der Waals surface area contributed by atoms with E-state index in [1.807, 2.05) is 7.05 Å². The zero-order valence-electron chi connectivity index (χ0n) is 11.6. The second-order valence-corrected chi connectivity index (χ2v) is 5.03. The molecule has 19 heavy (non-hydrogen) atoms. The monoisotopic (exact) mass is 266 g/mol. The fourth-order valence-corrected chi connectivity index (χ4v) is 2.23. The highest BCUT2D eigenvalue weighted by Crippen LogP contribution is 2.16. The van der Waals surface area contributed by atoms with Gasteiger partial charge in [-0.05, 0) is 25.7 Å². The number of anilines is 1. The van der Waals surface area contributed by atoms with Crippen molar-refractivity contribution in [3.8, 4) is 0 Å². The molecule has 1 fully saturated rings. The quantitative estimate of drug-likeness (QED) is 0.884. The van der Waals surface area contributed by atoms with E-state index in [1.165, 1.54) is 6.42 Å². The molecule has 106 valence electrons. The SMILES string of the molecule is CN(CCCC1CCCO1)C(=O)Nc1cnn(C)c1. The first-order valence-electron chi connectivity index (χ1n) is 6.77. The van der Waals surface area contributed by atoms with Crippen LogP contribution in [-0.4, -0.2) is 47.0 Å². The predicted molar refractivity (Wildman–Crippen MR) is 73.1 cm³/mol. The largest absolute Gasteiger partial charge is 0.378 e. The number of aryl methyl sites for hydroxylation is 1. The van der Waals surface area contributed by atoms with E-state index >= 15 is 0 Å². The summed E-state index contributed by atoms with van der Waals surface area (Å²) in [4.78, 5) is 13.6. The van der Waals surface area contributed by atoms with Crippen molar-refractivity contribution < 1.29 is 9.53 Å². The molecule has 0 radical (unpaired) electrons. The van der Waals surface area contributed by atoms with Crippen molar-refractivity contribution >= 4 is 11.7 Å². The van der Waals surface area contributed by atoms with E-state index in [0.29, 0.717) is 6.10 Å². The molecule has 2 heterocycles. The maximum Gasteiger partial charge on any atom is 0.321 e. The van der Waals surface area contributed by atoms with Crippen molar-refractivity contribution in [1.82, 2.24) is 14.7 Å². The van der Waals surface area contributed by atoms with Gasteiger partial charge in [-0.25, -0.2) is 4.79 Å². The topological polar surface area (TPSA) is 59.4 Å². The molecule has 1 aliphatic rings. The van der Waals surface area contributed by atoms with Gasteiger partial charge in [-0.2, -0.15) is 5.10 Å². The van der Waals surface area contributed by atoms with Gasteiger partial charge in [-0.15, -0.1) is 0 Å². The van der Waals surface area contributed by atoms with Crippen molar-refractivity contribution in [2.24, 2.45) is 7.05 Å². The summed E-state index contributed by atoms with van der Waals surface area (Å²) >= 11 is 0. The van der Waals surface area contributed by atoms with Crippen LogP contribution in [0, 0.1) is 0 Å². The molecule has 1 N–H and O–H groups in total. The zero-order valence-corrected chi connectivity index (χ0v) is 11.6. The van der Waals surface area contributed by atoms with Gasteiger partial charge in [0.25, 0.3) is 0 Å². The fourth-order valence-electron chi connectivity index (χ4n) is 2.23. The van der Waals surface area contributed by atoms with Gasteiger partial charge in [0, 0.05) is 33.4 Å². The van der Waals surface area contributed by atoms with Crippen LogP contribution >= 0.6 is 0 Å². The Bertz CT molecular complexity index is 413. The molecular formula is C13H22N4O2. The van der Waals surface area contributed by atoms with E-state index in [1.54, 1.807) is 29.0 Å². The van der Waals surface area contributed by atoms with E-state index in [9.17, 15) is 4.79 Å². The van der Waals surface area contributed by atoms with E-state index in [2.05, 4.69) is 10.4 Å². The third-order valence-corrected chi connectivity index (χ3v) is 3.35. The van der Waals surface area contributed by atoms with Crippen molar-refractivity contribution in [2.45, 2.75) is 31.8 Å². The Labute approximate surface area is 113 Å². The summed E-state index contributed by atoms with van der Waals surface area (Å²) in [5.41, 5.74) is 0.721. The van der Waals surface area contributed by atoms with Crippen LogP contribution in [0.25, 0.3) is 0 Å². The zero-order chi connectivity index (χ0) is 13.7. The average molecular weight is 266 g/mol. The molecule has 6 heteroatoms. The molecule has 1 aromatic heterocycles. The number of ether oxygens (including phenoxy) is 1. The third kappa shape index (κ3) is 4.24. The maximum atomic E-state index is 11.9. The number of hydrogen-bond acceptors (Lipinski definition) is 3. The molecule has 0 spiro atoms. The summed E-state index contributed by atoms with van der Waals surface area (Å²) in [6, 6.07) is -0.0969. The summed E-state index contributed by atoms with van der Waals surface area (Å²) in [7, 11) is 3.63. The van der Waals surface area contributed by atoms with Gasteiger partial charge >= 0.3 is 6.03 Å². The molecule has 0 aromatic carbocycles. The van der Waals surface area contributed by atoms with E-state index in [4.69, 9.17) is 4.74 Å². The van der Waals surface area contributed by atoms with Gasteiger partial charge in [-0.1, -0.05) is 0 Å². The minimum Gasteiger partial charge on any atom is -0.378 e. The Morgan fingerprint density at radius 1 is 1.68 bits per heavy atom. The molecule has 6 nitrogen and oxygen atoms in total. The van der Waals surface area contributed by atoms with Crippen LogP contribution in [0.2, 0.25) is 0 Å². The minimum absolute atomic E-state index is 0.0969. The first kappa shape index (κ1) is 13.9. The van der Waals surface area contributed by atoms with Gasteiger partial charge in [-0.3, -0.25) is 4.68 Å². The summed E-state index contributed by atoms with van der Waals surface area (Å²) < 4.78 is 7.22. The molecule has 1 saturated heterocycles. The third-order valence-electron chi connectivity index (χ3n) is 3.35.